The molecule has 1 aliphatic rings. The van der Waals surface area contributed by atoms with Crippen molar-refractivity contribution < 1.29 is 38.4 Å². The average molecular weight is 629 g/mol. The Morgan fingerprint density at radius 1 is 0.786 bits per heavy atom. The molecular weight excluding hydrogens is 612 g/mol. The number of nitrogens with zero attached hydrogens (tertiary/aromatic N) is 2. The molecule has 12 heteroatoms. The number of halogens is 1. The van der Waals surface area contributed by atoms with E-state index in [9.17, 15) is 34.1 Å². The largest absolute Gasteiger partial charge is 0.454 e. The summed E-state index contributed by atoms with van der Waals surface area (Å²) >= 11 is 3.29. The van der Waals surface area contributed by atoms with Crippen molar-refractivity contribution in [3.63, 3.8) is 0 Å². The number of esters is 2. The van der Waals surface area contributed by atoms with Crippen LogP contribution in [0.25, 0.3) is 0 Å². The molecule has 42 heavy (non-hydrogen) atoms. The molecule has 0 N–H and O–H groups in total. The molecule has 0 spiro atoms. The summed E-state index contributed by atoms with van der Waals surface area (Å²) < 4.78 is 11.3. The molecule has 0 aliphatic carbocycles. The second-order valence-electron chi connectivity index (χ2n) is 8.84. The minimum Gasteiger partial charge on any atom is -0.454 e. The molecule has 0 aromatic heterocycles. The van der Waals surface area contributed by atoms with E-state index in [1.807, 2.05) is 0 Å². The zero-order valence-electron chi connectivity index (χ0n) is 21.3. The van der Waals surface area contributed by atoms with Gasteiger partial charge in [-0.2, -0.15) is 0 Å². The number of Topliss-reactive ketones (excluding diaryl/α,β-unsaturated/α-hetero) is 1. The standard InChI is InChI=1S/C30H17BrN2O9/c31-19-12-8-18(9-13-19)29(37)42-20-14-10-17(11-15-20)25(34)16-41-30(38)21-4-1-2-6-23(21)32-27(35)22-5-3-7-24(33(39)40)26(22)28(32)36/h1-15H,16H2. The lowest BCUT2D eigenvalue weighted by molar-refractivity contribution is -0.385. The minimum absolute atomic E-state index is 0.146. The molecule has 1 heterocycles. The van der Waals surface area contributed by atoms with Crippen LogP contribution in [0.4, 0.5) is 11.4 Å². The first kappa shape index (κ1) is 28.1. The number of fused-ring (bicyclic) bond motifs is 1. The summed E-state index contributed by atoms with van der Waals surface area (Å²) in [5, 5.41) is 11.4. The Labute approximate surface area is 245 Å². The third-order valence-electron chi connectivity index (χ3n) is 6.26. The van der Waals surface area contributed by atoms with Gasteiger partial charge >= 0.3 is 11.9 Å². The van der Waals surface area contributed by atoms with E-state index in [2.05, 4.69) is 15.9 Å². The smallest absolute Gasteiger partial charge is 0.343 e. The van der Waals surface area contributed by atoms with Crippen LogP contribution in [0, 0.1) is 10.1 Å². The highest BCUT2D eigenvalue weighted by molar-refractivity contribution is 9.10. The molecule has 5 rings (SSSR count). The lowest BCUT2D eigenvalue weighted by atomic mass is 10.1. The van der Waals surface area contributed by atoms with Crippen LogP contribution in [0.15, 0.2) is 95.5 Å². The van der Waals surface area contributed by atoms with Crippen LogP contribution in [0.1, 0.15) is 51.8 Å². The van der Waals surface area contributed by atoms with Crippen molar-refractivity contribution in [2.24, 2.45) is 0 Å². The Hall–Kier alpha value is -5.49. The maximum Gasteiger partial charge on any atom is 0.343 e. The summed E-state index contributed by atoms with van der Waals surface area (Å²) in [5.41, 5.74) is -0.911. The number of amides is 2. The number of rotatable bonds is 8. The molecule has 0 bridgehead atoms. The maximum absolute atomic E-state index is 13.1. The number of nitro groups is 1. The summed E-state index contributed by atoms with van der Waals surface area (Å²) in [4.78, 5) is 75.4. The van der Waals surface area contributed by atoms with Crippen molar-refractivity contribution >= 4 is 56.8 Å². The first-order valence-corrected chi connectivity index (χ1v) is 13.0. The maximum atomic E-state index is 13.1. The van der Waals surface area contributed by atoms with Gasteiger partial charge in [-0.3, -0.25) is 24.5 Å². The van der Waals surface area contributed by atoms with E-state index in [0.717, 1.165) is 10.5 Å². The zero-order valence-corrected chi connectivity index (χ0v) is 22.9. The number of ketones is 1. The van der Waals surface area contributed by atoms with Crippen LogP contribution in [0.5, 0.6) is 5.75 Å². The van der Waals surface area contributed by atoms with Gasteiger partial charge in [-0.15, -0.1) is 0 Å². The fourth-order valence-corrected chi connectivity index (χ4v) is 4.50. The molecule has 4 aromatic rings. The summed E-state index contributed by atoms with van der Waals surface area (Å²) in [6, 6.07) is 21.5. The quantitative estimate of drug-likeness (QED) is 0.0622. The number of imide groups is 1. The number of anilines is 1. The van der Waals surface area contributed by atoms with Crippen molar-refractivity contribution in [2.75, 3.05) is 11.5 Å². The Morgan fingerprint density at radius 3 is 2.14 bits per heavy atom. The number of carbonyl (C=O) groups is 5. The second kappa shape index (κ2) is 11.6. The third kappa shape index (κ3) is 5.43. The van der Waals surface area contributed by atoms with Crippen LogP contribution in [-0.2, 0) is 4.74 Å². The average Bonchev–Trinajstić information content (AvgIpc) is 3.25. The monoisotopic (exact) mass is 628 g/mol. The first-order chi connectivity index (χ1) is 20.2. The summed E-state index contributed by atoms with van der Waals surface area (Å²) in [7, 11) is 0. The zero-order chi connectivity index (χ0) is 30.0. The third-order valence-corrected chi connectivity index (χ3v) is 6.78. The van der Waals surface area contributed by atoms with Crippen molar-refractivity contribution in [3.05, 3.63) is 133 Å². The van der Waals surface area contributed by atoms with Gasteiger partial charge in [0, 0.05) is 16.1 Å². The number of hydrogen-bond donors (Lipinski definition) is 0. The molecular formula is C30H17BrN2O9. The van der Waals surface area contributed by atoms with Gasteiger partial charge in [0.05, 0.1) is 27.3 Å². The van der Waals surface area contributed by atoms with Gasteiger partial charge in [-0.1, -0.05) is 34.1 Å². The normalized spacial score (nSPS) is 12.1. The predicted octanol–water partition coefficient (Wildman–Crippen LogP) is 5.42. The Bertz CT molecular complexity index is 1780. The Morgan fingerprint density at radius 2 is 1.45 bits per heavy atom. The van der Waals surface area contributed by atoms with Gasteiger partial charge in [-0.25, -0.2) is 14.5 Å². The van der Waals surface area contributed by atoms with Gasteiger partial charge in [0.1, 0.15) is 11.3 Å². The van der Waals surface area contributed by atoms with Gasteiger partial charge < -0.3 is 9.47 Å². The van der Waals surface area contributed by atoms with Crippen LogP contribution < -0.4 is 9.64 Å². The lowest BCUT2D eigenvalue weighted by Crippen LogP contribution is -2.31. The van der Waals surface area contributed by atoms with E-state index < -0.39 is 46.8 Å². The topological polar surface area (TPSA) is 150 Å². The summed E-state index contributed by atoms with van der Waals surface area (Å²) in [5.74, 6) is -3.74. The highest BCUT2D eigenvalue weighted by atomic mass is 79.9. The number of hydrogen-bond acceptors (Lipinski definition) is 9. The van der Waals surface area contributed by atoms with Crippen molar-refractivity contribution in [3.8, 4) is 5.75 Å². The molecule has 2 amide bonds. The van der Waals surface area contributed by atoms with E-state index in [-0.39, 0.29) is 33.7 Å². The second-order valence-corrected chi connectivity index (χ2v) is 9.76. The number of carbonyl (C=O) groups excluding carboxylic acids is 5. The molecule has 11 nitrogen and oxygen atoms in total. The van der Waals surface area contributed by atoms with Gasteiger partial charge in [0.15, 0.2) is 12.4 Å². The highest BCUT2D eigenvalue weighted by Gasteiger charge is 2.43. The number of nitro benzene ring substituents is 1. The van der Waals surface area contributed by atoms with Crippen LogP contribution >= 0.6 is 15.9 Å². The number of ether oxygens (including phenoxy) is 2. The molecule has 1 aliphatic heterocycles. The first-order valence-electron chi connectivity index (χ1n) is 12.2. The molecule has 0 saturated carbocycles. The van der Waals surface area contributed by atoms with Crippen LogP contribution in [0.2, 0.25) is 0 Å². The summed E-state index contributed by atoms with van der Waals surface area (Å²) in [6.07, 6.45) is 0. The number of benzene rings is 4. The molecule has 4 aromatic carbocycles. The van der Waals surface area contributed by atoms with Crippen LogP contribution in [-0.4, -0.2) is 41.1 Å². The SMILES string of the molecule is O=C(COC(=O)c1ccccc1N1C(=O)c2cccc([N+](=O)[O-])c2C1=O)c1ccc(OC(=O)c2ccc(Br)cc2)cc1. The van der Waals surface area contributed by atoms with E-state index in [1.165, 1.54) is 60.7 Å². The van der Waals surface area contributed by atoms with Gasteiger partial charge in [-0.05, 0) is 66.7 Å². The Balaban J connectivity index is 1.27. The van der Waals surface area contributed by atoms with Crippen molar-refractivity contribution in [2.45, 2.75) is 0 Å². The predicted molar refractivity (Wildman–Crippen MR) is 151 cm³/mol. The van der Waals surface area contributed by atoms with E-state index in [0.29, 0.717) is 10.5 Å². The minimum atomic E-state index is -0.995. The molecule has 0 fully saturated rings. The van der Waals surface area contributed by atoms with E-state index in [1.54, 1.807) is 24.3 Å². The molecule has 208 valence electrons. The van der Waals surface area contributed by atoms with Gasteiger partial charge in [0.2, 0.25) is 0 Å². The van der Waals surface area contributed by atoms with E-state index >= 15 is 0 Å². The van der Waals surface area contributed by atoms with Crippen molar-refractivity contribution in [1.82, 2.24) is 0 Å². The Kier molecular flexibility index (Phi) is 7.71. The fraction of sp³-hybridized carbons (Fsp3) is 0.0333. The van der Waals surface area contributed by atoms with E-state index in [4.69, 9.17) is 9.47 Å². The summed E-state index contributed by atoms with van der Waals surface area (Å²) in [6.45, 7) is -0.668. The van der Waals surface area contributed by atoms with Gasteiger partial charge in [0.25, 0.3) is 17.5 Å². The molecule has 0 atom stereocenters. The highest BCUT2D eigenvalue weighted by Crippen LogP contribution is 2.35. The lowest BCUT2D eigenvalue weighted by Gasteiger charge is -2.17. The van der Waals surface area contributed by atoms with Crippen molar-refractivity contribution in [1.29, 1.82) is 0 Å². The molecule has 0 unspecified atom stereocenters. The van der Waals surface area contributed by atoms with Crippen LogP contribution in [0.3, 0.4) is 0 Å². The molecule has 0 saturated heterocycles. The fourth-order valence-electron chi connectivity index (χ4n) is 4.23. The molecule has 0 radical (unpaired) electrons. The number of para-hydroxylation sites is 1.